The minimum atomic E-state index is 0.904. The Morgan fingerprint density at radius 3 is 1.44 bits per heavy atom. The number of hydrogen-bond donors (Lipinski definition) is 0. The maximum absolute atomic E-state index is 6.30. The van der Waals surface area contributed by atoms with E-state index in [1.807, 2.05) is 6.07 Å². The Kier molecular flexibility index (Phi) is 5.53. The van der Waals surface area contributed by atoms with Crippen molar-refractivity contribution in [2.24, 2.45) is 0 Å². The molecule has 0 atom stereocenters. The van der Waals surface area contributed by atoms with Crippen molar-refractivity contribution in [3.05, 3.63) is 158 Å². The topological polar surface area (TPSA) is 9.23 Å². The molecule has 192 valence electrons. The maximum atomic E-state index is 6.30. The minimum Gasteiger partial charge on any atom is -0.456 e. The third-order valence-corrected chi connectivity index (χ3v) is 8.09. The van der Waals surface area contributed by atoms with Crippen LogP contribution in [0.25, 0.3) is 66.4 Å². The lowest BCUT2D eigenvalue weighted by Gasteiger charge is -2.23. The maximum Gasteiger partial charge on any atom is 0.135 e. The van der Waals surface area contributed by atoms with Gasteiger partial charge in [0.1, 0.15) is 11.5 Å². The number of hydrogen-bond acceptors (Lipinski definition) is 1. The van der Waals surface area contributed by atoms with Crippen LogP contribution in [0.15, 0.2) is 158 Å². The van der Waals surface area contributed by atoms with E-state index in [4.69, 9.17) is 4.74 Å². The summed E-state index contributed by atoms with van der Waals surface area (Å²) >= 11 is 0. The van der Waals surface area contributed by atoms with Crippen LogP contribution < -0.4 is 4.74 Å². The Labute approximate surface area is 240 Å². The molecule has 0 spiro atoms. The van der Waals surface area contributed by atoms with Gasteiger partial charge >= 0.3 is 0 Å². The summed E-state index contributed by atoms with van der Waals surface area (Å²) in [6, 6.07) is 56.3. The highest BCUT2D eigenvalue weighted by Crippen LogP contribution is 2.49. The highest BCUT2D eigenvalue weighted by Gasteiger charge is 2.22. The zero-order valence-corrected chi connectivity index (χ0v) is 22.4. The van der Waals surface area contributed by atoms with Crippen molar-refractivity contribution in [3.63, 3.8) is 0 Å². The molecular formula is C40H26O. The first kappa shape index (κ1) is 23.5. The van der Waals surface area contributed by atoms with Gasteiger partial charge in [0.2, 0.25) is 0 Å². The molecule has 0 saturated heterocycles. The Balaban J connectivity index is 1.35. The molecule has 0 bridgehead atoms. The molecule has 0 N–H and O–H groups in total. The van der Waals surface area contributed by atoms with Gasteiger partial charge < -0.3 is 4.74 Å². The van der Waals surface area contributed by atoms with Crippen molar-refractivity contribution in [2.75, 3.05) is 0 Å². The molecule has 1 heteroatoms. The normalized spacial score (nSPS) is 11.6. The summed E-state index contributed by atoms with van der Waals surface area (Å²) in [6.45, 7) is 0. The lowest BCUT2D eigenvalue weighted by atomic mass is 9.85. The predicted molar refractivity (Wildman–Crippen MR) is 171 cm³/mol. The molecule has 1 nitrogen and oxygen atoms in total. The number of rotatable bonds is 4. The van der Waals surface area contributed by atoms with Crippen LogP contribution in [-0.4, -0.2) is 0 Å². The first-order valence-electron chi connectivity index (χ1n) is 14.0. The molecule has 0 aromatic heterocycles. The molecule has 0 unspecified atom stereocenters. The lowest BCUT2D eigenvalue weighted by molar-refractivity contribution is 0.487. The third kappa shape index (κ3) is 3.94. The summed E-state index contributed by atoms with van der Waals surface area (Å²) in [6.07, 6.45) is 0. The van der Waals surface area contributed by atoms with Crippen LogP contribution in [0.3, 0.4) is 0 Å². The zero-order valence-electron chi connectivity index (χ0n) is 22.4. The molecule has 0 aliphatic carbocycles. The highest BCUT2D eigenvalue weighted by atomic mass is 16.5. The van der Waals surface area contributed by atoms with Gasteiger partial charge in [0.25, 0.3) is 0 Å². The van der Waals surface area contributed by atoms with E-state index in [2.05, 4.69) is 152 Å². The summed E-state index contributed by atoms with van der Waals surface area (Å²) < 4.78 is 6.30. The third-order valence-electron chi connectivity index (χ3n) is 8.09. The highest BCUT2D eigenvalue weighted by molar-refractivity contribution is 6.07. The van der Waals surface area contributed by atoms with Crippen molar-refractivity contribution >= 4 is 10.8 Å². The van der Waals surface area contributed by atoms with Gasteiger partial charge in [0.05, 0.1) is 0 Å². The van der Waals surface area contributed by atoms with Crippen molar-refractivity contribution in [1.82, 2.24) is 0 Å². The molecule has 1 aliphatic heterocycles. The van der Waals surface area contributed by atoms with E-state index < -0.39 is 0 Å². The summed E-state index contributed by atoms with van der Waals surface area (Å²) in [4.78, 5) is 0. The number of benzene rings is 7. The van der Waals surface area contributed by atoms with E-state index in [0.717, 1.165) is 17.1 Å². The van der Waals surface area contributed by atoms with Gasteiger partial charge in [-0.1, -0.05) is 133 Å². The second-order valence-electron chi connectivity index (χ2n) is 10.5. The molecule has 7 aromatic rings. The van der Waals surface area contributed by atoms with Gasteiger partial charge in [-0.05, 0) is 79.7 Å². The summed E-state index contributed by atoms with van der Waals surface area (Å²) in [7, 11) is 0. The second kappa shape index (κ2) is 9.66. The zero-order chi connectivity index (χ0) is 27.2. The SMILES string of the molecule is c1ccc(-c2ccccc2-c2ccccc2-c2ccccc2-c2cc3c4c(cccc4c2)Oc2ccccc2-3)cc1. The molecule has 1 aliphatic rings. The fourth-order valence-electron chi connectivity index (χ4n) is 6.25. The Morgan fingerprint density at radius 2 is 0.780 bits per heavy atom. The molecule has 0 radical (unpaired) electrons. The standard InChI is InChI=1S/C40H26O/c1-2-13-27(14-3-1)30-16-4-6-18-32(30)34-20-8-9-21-35(34)33-19-7-5-17-31(33)29-25-28-15-12-24-39-40(28)37(26-29)36-22-10-11-23-38(36)41-39/h1-26H. The average Bonchev–Trinajstić information content (AvgIpc) is 3.05. The van der Waals surface area contributed by atoms with Crippen LogP contribution in [0, 0.1) is 0 Å². The van der Waals surface area contributed by atoms with Gasteiger partial charge in [-0.2, -0.15) is 0 Å². The van der Waals surface area contributed by atoms with Gasteiger partial charge in [0, 0.05) is 10.9 Å². The van der Waals surface area contributed by atoms with Crippen LogP contribution in [0.4, 0.5) is 0 Å². The second-order valence-corrected chi connectivity index (χ2v) is 10.5. The van der Waals surface area contributed by atoms with E-state index in [1.165, 1.54) is 60.8 Å². The molecule has 41 heavy (non-hydrogen) atoms. The summed E-state index contributed by atoms with van der Waals surface area (Å²) in [5.41, 5.74) is 12.1. The monoisotopic (exact) mass is 522 g/mol. The molecule has 0 fully saturated rings. The minimum absolute atomic E-state index is 0.904. The van der Waals surface area contributed by atoms with Gasteiger partial charge in [-0.25, -0.2) is 0 Å². The van der Waals surface area contributed by atoms with Crippen LogP contribution in [0.5, 0.6) is 11.5 Å². The van der Waals surface area contributed by atoms with Crippen molar-refractivity contribution in [2.45, 2.75) is 0 Å². The summed E-state index contributed by atoms with van der Waals surface area (Å²) in [5, 5.41) is 2.35. The van der Waals surface area contributed by atoms with E-state index >= 15 is 0 Å². The Morgan fingerprint density at radius 1 is 0.293 bits per heavy atom. The predicted octanol–water partition coefficient (Wildman–Crippen LogP) is 11.3. The smallest absolute Gasteiger partial charge is 0.135 e. The van der Waals surface area contributed by atoms with Crippen LogP contribution >= 0.6 is 0 Å². The molecule has 0 amide bonds. The average molecular weight is 523 g/mol. The number of fused-ring (bicyclic) bond motifs is 2. The van der Waals surface area contributed by atoms with Gasteiger partial charge in [-0.15, -0.1) is 0 Å². The molecular weight excluding hydrogens is 496 g/mol. The van der Waals surface area contributed by atoms with Crippen molar-refractivity contribution < 1.29 is 4.74 Å². The molecule has 8 rings (SSSR count). The Hall–Kier alpha value is -5.40. The largest absolute Gasteiger partial charge is 0.456 e. The van der Waals surface area contributed by atoms with E-state index in [0.29, 0.717) is 0 Å². The van der Waals surface area contributed by atoms with Gasteiger partial charge in [-0.3, -0.25) is 0 Å². The molecule has 7 aromatic carbocycles. The van der Waals surface area contributed by atoms with Gasteiger partial charge in [0.15, 0.2) is 0 Å². The van der Waals surface area contributed by atoms with E-state index in [9.17, 15) is 0 Å². The number of para-hydroxylation sites is 1. The fraction of sp³-hybridized carbons (Fsp3) is 0. The van der Waals surface area contributed by atoms with E-state index in [1.54, 1.807) is 0 Å². The van der Waals surface area contributed by atoms with Crippen molar-refractivity contribution in [3.8, 4) is 67.1 Å². The van der Waals surface area contributed by atoms with Crippen LogP contribution in [0.1, 0.15) is 0 Å². The lowest BCUT2D eigenvalue weighted by Crippen LogP contribution is -1.97. The first-order valence-corrected chi connectivity index (χ1v) is 14.0. The van der Waals surface area contributed by atoms with Crippen molar-refractivity contribution in [1.29, 1.82) is 0 Å². The fourth-order valence-corrected chi connectivity index (χ4v) is 6.25. The molecule has 0 saturated carbocycles. The quantitative estimate of drug-likeness (QED) is 0.223. The Bertz CT molecular complexity index is 2070. The van der Waals surface area contributed by atoms with Crippen LogP contribution in [-0.2, 0) is 0 Å². The number of ether oxygens (including phenoxy) is 1. The van der Waals surface area contributed by atoms with Crippen LogP contribution in [0.2, 0.25) is 0 Å². The molecule has 1 heterocycles. The van der Waals surface area contributed by atoms with E-state index in [-0.39, 0.29) is 0 Å². The first-order chi connectivity index (χ1) is 20.3. The summed E-state index contributed by atoms with van der Waals surface area (Å²) in [5.74, 6) is 1.82.